The summed E-state index contributed by atoms with van der Waals surface area (Å²) >= 11 is 0. The third-order valence-electron chi connectivity index (χ3n) is 6.17. The van der Waals surface area contributed by atoms with Crippen LogP contribution in [0.4, 0.5) is 14.5 Å². The summed E-state index contributed by atoms with van der Waals surface area (Å²) in [5.41, 5.74) is 2.63. The van der Waals surface area contributed by atoms with Gasteiger partial charge in [-0.25, -0.2) is 13.8 Å². The lowest BCUT2D eigenvalue weighted by Crippen LogP contribution is -2.29. The summed E-state index contributed by atoms with van der Waals surface area (Å²) in [7, 11) is 0. The smallest absolute Gasteiger partial charge is 0.276 e. The molecule has 9 heteroatoms. The van der Waals surface area contributed by atoms with E-state index in [9.17, 15) is 13.6 Å². The summed E-state index contributed by atoms with van der Waals surface area (Å²) in [6.45, 7) is 2.45. The van der Waals surface area contributed by atoms with Crippen molar-refractivity contribution in [2.45, 2.75) is 25.8 Å². The number of hydrogen-bond donors (Lipinski definition) is 2. The van der Waals surface area contributed by atoms with Gasteiger partial charge in [0.15, 0.2) is 17.3 Å². The Labute approximate surface area is 200 Å². The summed E-state index contributed by atoms with van der Waals surface area (Å²) in [6, 6.07) is 12.9. The number of hydrogen-bond acceptors (Lipinski definition) is 5. The summed E-state index contributed by atoms with van der Waals surface area (Å²) in [6.07, 6.45) is 4.79. The Bertz CT molecular complexity index is 1430. The number of carbonyl (C=O) groups is 1. The van der Waals surface area contributed by atoms with Crippen molar-refractivity contribution < 1.29 is 13.6 Å². The van der Waals surface area contributed by atoms with Crippen molar-refractivity contribution in [2.24, 2.45) is 0 Å². The minimum Gasteiger partial charge on any atom is -0.319 e. The minimum absolute atomic E-state index is 0.108. The molecule has 0 radical (unpaired) electrons. The molecule has 1 aliphatic rings. The van der Waals surface area contributed by atoms with Gasteiger partial charge in [0.05, 0.1) is 17.4 Å². The van der Waals surface area contributed by atoms with Crippen molar-refractivity contribution in [3.05, 3.63) is 77.2 Å². The molecule has 1 saturated heterocycles. The number of carbonyl (C=O) groups excluding carboxylic acids is 1. The number of nitriles is 1. The molecule has 0 spiro atoms. The molecule has 1 amide bonds. The molecule has 1 aliphatic heterocycles. The van der Waals surface area contributed by atoms with E-state index < -0.39 is 17.5 Å². The number of nitrogens with zero attached hydrogens (tertiary/aromatic N) is 4. The van der Waals surface area contributed by atoms with Crippen LogP contribution in [0.1, 0.15) is 41.0 Å². The molecule has 0 atom stereocenters. The van der Waals surface area contributed by atoms with Crippen LogP contribution >= 0.6 is 0 Å². The van der Waals surface area contributed by atoms with Gasteiger partial charge in [0, 0.05) is 17.5 Å². The molecule has 2 N–H and O–H groups in total. The normalized spacial score (nSPS) is 14.1. The third kappa shape index (κ3) is 4.74. The highest BCUT2D eigenvalue weighted by Gasteiger charge is 2.19. The quantitative estimate of drug-likeness (QED) is 0.425. The Balaban J connectivity index is 1.46. The van der Waals surface area contributed by atoms with E-state index in [0.29, 0.717) is 34.3 Å². The highest BCUT2D eigenvalue weighted by atomic mass is 19.2. The van der Waals surface area contributed by atoms with Crippen LogP contribution in [-0.4, -0.2) is 39.1 Å². The first-order chi connectivity index (χ1) is 17.0. The topological polar surface area (TPSA) is 97.7 Å². The van der Waals surface area contributed by atoms with Crippen molar-refractivity contribution in [3.8, 4) is 17.2 Å². The number of benzene rings is 2. The summed E-state index contributed by atoms with van der Waals surface area (Å²) in [4.78, 5) is 19.0. The summed E-state index contributed by atoms with van der Waals surface area (Å²) in [5, 5.41) is 18.9. The molecule has 4 aromatic rings. The Hall–Kier alpha value is -4.16. The number of rotatable bonds is 5. The average Bonchev–Trinajstić information content (AvgIpc) is 3.31. The van der Waals surface area contributed by atoms with E-state index in [4.69, 9.17) is 5.26 Å². The van der Waals surface area contributed by atoms with E-state index in [1.54, 1.807) is 30.3 Å². The number of anilines is 1. The van der Waals surface area contributed by atoms with Crippen LogP contribution in [0, 0.1) is 23.0 Å². The highest BCUT2D eigenvalue weighted by molar-refractivity contribution is 6.11. The van der Waals surface area contributed by atoms with Crippen LogP contribution in [0.3, 0.4) is 0 Å². The van der Waals surface area contributed by atoms with Crippen LogP contribution in [-0.2, 0) is 6.54 Å². The zero-order valence-corrected chi connectivity index (χ0v) is 18.8. The van der Waals surface area contributed by atoms with E-state index in [-0.39, 0.29) is 17.0 Å². The van der Waals surface area contributed by atoms with Gasteiger partial charge in [-0.05, 0) is 73.5 Å². The van der Waals surface area contributed by atoms with E-state index in [1.165, 1.54) is 24.8 Å². The second-order valence-corrected chi connectivity index (χ2v) is 8.61. The fourth-order valence-corrected chi connectivity index (χ4v) is 4.40. The Morgan fingerprint density at radius 3 is 2.69 bits per heavy atom. The number of piperidine rings is 1. The molecule has 176 valence electrons. The standard InChI is InChI=1S/C26H22F2N6O/c27-22-11-16(15-34-8-2-1-3-9-34)10-20(24(22)28)17-4-7-23-21(12-17)25(33-32-23)26(35)31-19-6-5-18(13-29)30-14-19/h4-7,10-12,14H,1-3,8-9,15H2,(H,31,35)(H,32,33). The molecular weight excluding hydrogens is 450 g/mol. The molecule has 2 aromatic heterocycles. The third-order valence-corrected chi connectivity index (χ3v) is 6.17. The molecule has 0 saturated carbocycles. The Morgan fingerprint density at radius 2 is 1.94 bits per heavy atom. The Kier molecular flexibility index (Phi) is 6.21. The number of halogens is 2. The van der Waals surface area contributed by atoms with Crippen LogP contribution in [0.5, 0.6) is 0 Å². The molecule has 1 fully saturated rings. The number of nitrogens with one attached hydrogen (secondary N) is 2. The SMILES string of the molecule is N#Cc1ccc(NC(=O)c2n[nH]c3ccc(-c4cc(CN5CCCCC5)cc(F)c4F)cc23)cn1. The van der Waals surface area contributed by atoms with Gasteiger partial charge >= 0.3 is 0 Å². The fraction of sp³-hybridized carbons (Fsp3) is 0.231. The number of aromatic nitrogens is 3. The fourth-order valence-electron chi connectivity index (χ4n) is 4.40. The van der Waals surface area contributed by atoms with Gasteiger partial charge in [-0.3, -0.25) is 14.8 Å². The molecule has 5 rings (SSSR count). The van der Waals surface area contributed by atoms with Gasteiger partial charge in [-0.15, -0.1) is 0 Å². The molecule has 0 aliphatic carbocycles. The lowest BCUT2D eigenvalue weighted by Gasteiger charge is -2.26. The number of aromatic amines is 1. The molecule has 0 unspecified atom stereocenters. The predicted molar refractivity (Wildman–Crippen MR) is 127 cm³/mol. The van der Waals surface area contributed by atoms with E-state index in [2.05, 4.69) is 25.4 Å². The largest absolute Gasteiger partial charge is 0.319 e. The van der Waals surface area contributed by atoms with E-state index in [1.807, 2.05) is 6.07 Å². The minimum atomic E-state index is -0.926. The molecule has 0 bridgehead atoms. The first-order valence-corrected chi connectivity index (χ1v) is 11.4. The second kappa shape index (κ2) is 9.60. The van der Waals surface area contributed by atoms with Gasteiger partial charge < -0.3 is 5.32 Å². The maximum atomic E-state index is 14.9. The van der Waals surface area contributed by atoms with Crippen LogP contribution in [0.2, 0.25) is 0 Å². The lowest BCUT2D eigenvalue weighted by molar-refractivity contribution is 0.102. The maximum Gasteiger partial charge on any atom is 0.276 e. The van der Waals surface area contributed by atoms with Gasteiger partial charge in [0.25, 0.3) is 5.91 Å². The molecule has 7 nitrogen and oxygen atoms in total. The monoisotopic (exact) mass is 472 g/mol. The van der Waals surface area contributed by atoms with Gasteiger partial charge in [-0.1, -0.05) is 12.5 Å². The zero-order valence-electron chi connectivity index (χ0n) is 18.8. The van der Waals surface area contributed by atoms with Crippen molar-refractivity contribution >= 4 is 22.5 Å². The van der Waals surface area contributed by atoms with E-state index in [0.717, 1.165) is 25.9 Å². The number of amides is 1. The van der Waals surface area contributed by atoms with Gasteiger partial charge in [0.1, 0.15) is 11.8 Å². The van der Waals surface area contributed by atoms with Crippen molar-refractivity contribution in [2.75, 3.05) is 18.4 Å². The summed E-state index contributed by atoms with van der Waals surface area (Å²) in [5.74, 6) is -2.32. The second-order valence-electron chi connectivity index (χ2n) is 8.61. The Morgan fingerprint density at radius 1 is 1.11 bits per heavy atom. The number of pyridine rings is 1. The molecule has 3 heterocycles. The van der Waals surface area contributed by atoms with Gasteiger partial charge in [-0.2, -0.15) is 10.4 Å². The van der Waals surface area contributed by atoms with Crippen LogP contribution < -0.4 is 5.32 Å². The molecular formula is C26H22F2N6O. The van der Waals surface area contributed by atoms with Gasteiger partial charge in [0.2, 0.25) is 0 Å². The van der Waals surface area contributed by atoms with E-state index >= 15 is 0 Å². The van der Waals surface area contributed by atoms with Crippen molar-refractivity contribution in [1.82, 2.24) is 20.1 Å². The lowest BCUT2D eigenvalue weighted by atomic mass is 9.99. The van der Waals surface area contributed by atoms with Crippen molar-refractivity contribution in [3.63, 3.8) is 0 Å². The first kappa shape index (κ1) is 22.6. The average molecular weight is 472 g/mol. The van der Waals surface area contributed by atoms with Crippen LogP contribution in [0.15, 0.2) is 48.7 Å². The highest BCUT2D eigenvalue weighted by Crippen LogP contribution is 2.30. The van der Waals surface area contributed by atoms with Crippen LogP contribution in [0.25, 0.3) is 22.0 Å². The summed E-state index contributed by atoms with van der Waals surface area (Å²) < 4.78 is 29.4. The number of H-pyrrole nitrogens is 1. The first-order valence-electron chi connectivity index (χ1n) is 11.4. The maximum absolute atomic E-state index is 14.9. The van der Waals surface area contributed by atoms with Crippen molar-refractivity contribution in [1.29, 1.82) is 5.26 Å². The predicted octanol–water partition coefficient (Wildman–Crippen LogP) is 5.01. The number of fused-ring (bicyclic) bond motifs is 1. The zero-order chi connectivity index (χ0) is 24.4. The molecule has 35 heavy (non-hydrogen) atoms. The molecule has 2 aromatic carbocycles. The number of likely N-dealkylation sites (tertiary alicyclic amines) is 1.